The van der Waals surface area contributed by atoms with E-state index in [1.54, 1.807) is 6.08 Å². The molecule has 114 valence electrons. The molecule has 1 aromatic carbocycles. The number of hydrogen-bond donors (Lipinski definition) is 0. The van der Waals surface area contributed by atoms with Crippen molar-refractivity contribution in [1.82, 2.24) is 10.1 Å². The number of hydrogen-bond acceptors (Lipinski definition) is 5. The van der Waals surface area contributed by atoms with Gasteiger partial charge < -0.3 is 9.26 Å². The Kier molecular flexibility index (Phi) is 4.04. The van der Waals surface area contributed by atoms with Gasteiger partial charge in [-0.2, -0.15) is 4.98 Å². The van der Waals surface area contributed by atoms with E-state index in [4.69, 9.17) is 9.26 Å². The summed E-state index contributed by atoms with van der Waals surface area (Å²) in [6.07, 6.45) is 3.88. The van der Waals surface area contributed by atoms with Crippen LogP contribution in [0.1, 0.15) is 31.2 Å². The highest BCUT2D eigenvalue weighted by Gasteiger charge is 2.23. The van der Waals surface area contributed by atoms with Crippen LogP contribution in [0.15, 0.2) is 40.4 Å². The molecule has 22 heavy (non-hydrogen) atoms. The van der Waals surface area contributed by atoms with Gasteiger partial charge in [0, 0.05) is 11.6 Å². The predicted octanol–water partition coefficient (Wildman–Crippen LogP) is 3.44. The van der Waals surface area contributed by atoms with Crippen LogP contribution in [0.25, 0.3) is 11.4 Å². The molecule has 1 fully saturated rings. The molecule has 1 saturated carbocycles. The van der Waals surface area contributed by atoms with E-state index in [9.17, 15) is 4.79 Å². The minimum atomic E-state index is -0.361. The first-order valence-corrected chi connectivity index (χ1v) is 7.37. The Morgan fingerprint density at radius 2 is 2.18 bits per heavy atom. The average molecular weight is 298 g/mol. The minimum Gasteiger partial charge on any atom is -0.452 e. The number of rotatable bonds is 5. The van der Waals surface area contributed by atoms with E-state index in [0.717, 1.165) is 16.7 Å². The normalized spacial score (nSPS) is 14.9. The Labute approximate surface area is 129 Å². The molecule has 1 aliphatic carbocycles. The molecule has 5 nitrogen and oxygen atoms in total. The highest BCUT2D eigenvalue weighted by molar-refractivity contribution is 5.82. The van der Waals surface area contributed by atoms with E-state index in [1.807, 2.05) is 38.1 Å². The second-order valence-corrected chi connectivity index (χ2v) is 5.60. The Bertz CT molecular complexity index is 714. The van der Waals surface area contributed by atoms with Crippen molar-refractivity contribution in [2.75, 3.05) is 0 Å². The van der Waals surface area contributed by atoms with Crippen LogP contribution < -0.4 is 0 Å². The lowest BCUT2D eigenvalue weighted by Crippen LogP contribution is -2.02. The Hall–Kier alpha value is -2.43. The molecule has 0 radical (unpaired) electrons. The van der Waals surface area contributed by atoms with Crippen molar-refractivity contribution in [2.24, 2.45) is 5.92 Å². The van der Waals surface area contributed by atoms with Gasteiger partial charge in [-0.3, -0.25) is 0 Å². The quantitative estimate of drug-likeness (QED) is 0.625. The van der Waals surface area contributed by atoms with Gasteiger partial charge in [-0.15, -0.1) is 0 Å². The molecule has 0 N–H and O–H groups in total. The number of benzene rings is 1. The second-order valence-electron chi connectivity index (χ2n) is 5.60. The van der Waals surface area contributed by atoms with Crippen LogP contribution in [0, 0.1) is 12.8 Å². The third kappa shape index (κ3) is 3.42. The van der Waals surface area contributed by atoms with Crippen molar-refractivity contribution in [2.45, 2.75) is 33.3 Å². The molecule has 3 rings (SSSR count). The molecule has 2 aromatic rings. The summed E-state index contributed by atoms with van der Waals surface area (Å²) >= 11 is 0. The van der Waals surface area contributed by atoms with E-state index < -0.39 is 0 Å². The Balaban J connectivity index is 1.61. The van der Waals surface area contributed by atoms with E-state index in [1.165, 1.54) is 12.8 Å². The summed E-state index contributed by atoms with van der Waals surface area (Å²) in [4.78, 5) is 16.0. The first-order valence-electron chi connectivity index (χ1n) is 7.37. The standard InChI is InChI=1S/C17H18N2O3/c1-11-5-3-4-6-14(11)17-18-15(22-19-17)10-21-16(20)9-12(2)13-7-8-13/h3-6,9,13H,7-8,10H2,1-2H3. The number of ether oxygens (including phenoxy) is 1. The van der Waals surface area contributed by atoms with Gasteiger partial charge in [0.25, 0.3) is 5.89 Å². The zero-order chi connectivity index (χ0) is 15.5. The number of aromatic nitrogens is 2. The zero-order valence-electron chi connectivity index (χ0n) is 12.7. The van der Waals surface area contributed by atoms with Crippen molar-refractivity contribution >= 4 is 5.97 Å². The Morgan fingerprint density at radius 3 is 2.91 bits per heavy atom. The van der Waals surface area contributed by atoms with Crippen LogP contribution in [-0.4, -0.2) is 16.1 Å². The number of carbonyl (C=O) groups is 1. The maximum Gasteiger partial charge on any atom is 0.331 e. The molecule has 0 atom stereocenters. The summed E-state index contributed by atoms with van der Waals surface area (Å²) in [6, 6.07) is 7.79. The van der Waals surface area contributed by atoms with Gasteiger partial charge in [0.15, 0.2) is 6.61 Å². The van der Waals surface area contributed by atoms with Crippen LogP contribution in [-0.2, 0) is 16.1 Å². The van der Waals surface area contributed by atoms with Crippen LogP contribution in [0.3, 0.4) is 0 Å². The highest BCUT2D eigenvalue weighted by atomic mass is 16.6. The molecule has 1 aliphatic rings. The molecule has 0 unspecified atom stereocenters. The van der Waals surface area contributed by atoms with Gasteiger partial charge in [0.1, 0.15) is 0 Å². The van der Waals surface area contributed by atoms with E-state index in [-0.39, 0.29) is 12.6 Å². The first kappa shape index (κ1) is 14.5. The monoisotopic (exact) mass is 298 g/mol. The van der Waals surface area contributed by atoms with E-state index in [2.05, 4.69) is 10.1 Å². The van der Waals surface area contributed by atoms with Crippen LogP contribution in [0.4, 0.5) is 0 Å². The van der Waals surface area contributed by atoms with Crippen molar-refractivity contribution in [3.63, 3.8) is 0 Å². The maximum absolute atomic E-state index is 11.7. The van der Waals surface area contributed by atoms with Crippen molar-refractivity contribution < 1.29 is 14.1 Å². The average Bonchev–Trinajstić information content (AvgIpc) is 3.25. The number of carbonyl (C=O) groups excluding carboxylic acids is 1. The summed E-state index contributed by atoms with van der Waals surface area (Å²) in [5.74, 6) is 1.00. The molecule has 5 heteroatoms. The van der Waals surface area contributed by atoms with Gasteiger partial charge in [-0.1, -0.05) is 35.0 Å². The molecule has 0 spiro atoms. The van der Waals surface area contributed by atoms with Crippen molar-refractivity contribution in [3.05, 3.63) is 47.4 Å². The van der Waals surface area contributed by atoms with Gasteiger partial charge >= 0.3 is 5.97 Å². The molecular weight excluding hydrogens is 280 g/mol. The summed E-state index contributed by atoms with van der Waals surface area (Å²) in [5, 5.41) is 3.93. The molecule has 0 saturated heterocycles. The van der Waals surface area contributed by atoms with Crippen LogP contribution in [0.5, 0.6) is 0 Å². The predicted molar refractivity (Wildman–Crippen MR) is 80.7 cm³/mol. The topological polar surface area (TPSA) is 65.2 Å². The fourth-order valence-electron chi connectivity index (χ4n) is 2.26. The molecule has 0 bridgehead atoms. The van der Waals surface area contributed by atoms with Gasteiger partial charge in [0.2, 0.25) is 5.82 Å². The smallest absolute Gasteiger partial charge is 0.331 e. The lowest BCUT2D eigenvalue weighted by Gasteiger charge is -1.99. The Morgan fingerprint density at radius 1 is 1.41 bits per heavy atom. The first-order chi connectivity index (χ1) is 10.6. The lowest BCUT2D eigenvalue weighted by molar-refractivity contribution is -0.139. The third-order valence-electron chi connectivity index (χ3n) is 3.76. The SMILES string of the molecule is CC(=CC(=O)OCc1nc(-c2ccccc2C)no1)C1CC1. The number of aryl methyl sites for hydroxylation is 1. The summed E-state index contributed by atoms with van der Waals surface area (Å²) in [5.41, 5.74) is 3.05. The van der Waals surface area contributed by atoms with Gasteiger partial charge in [0.05, 0.1) is 0 Å². The van der Waals surface area contributed by atoms with E-state index >= 15 is 0 Å². The van der Waals surface area contributed by atoms with Gasteiger partial charge in [-0.25, -0.2) is 4.79 Å². The number of esters is 1. The minimum absolute atomic E-state index is 0.00778. The fourth-order valence-corrected chi connectivity index (χ4v) is 2.26. The van der Waals surface area contributed by atoms with Gasteiger partial charge in [-0.05, 0) is 38.2 Å². The summed E-state index contributed by atoms with van der Waals surface area (Å²) in [6.45, 7) is 3.94. The lowest BCUT2D eigenvalue weighted by atomic mass is 10.1. The fraction of sp³-hybridized carbons (Fsp3) is 0.353. The van der Waals surface area contributed by atoms with E-state index in [0.29, 0.717) is 17.6 Å². The molecule has 0 aliphatic heterocycles. The molecular formula is C17H18N2O3. The second kappa shape index (κ2) is 6.13. The third-order valence-corrected chi connectivity index (χ3v) is 3.76. The van der Waals surface area contributed by atoms with Crippen molar-refractivity contribution in [3.8, 4) is 11.4 Å². The maximum atomic E-state index is 11.7. The number of nitrogens with zero attached hydrogens (tertiary/aromatic N) is 2. The molecule has 0 amide bonds. The summed E-state index contributed by atoms with van der Waals surface area (Å²) in [7, 11) is 0. The van der Waals surface area contributed by atoms with Crippen molar-refractivity contribution in [1.29, 1.82) is 0 Å². The number of allylic oxidation sites excluding steroid dienone is 1. The molecule has 1 heterocycles. The van der Waals surface area contributed by atoms with Crippen LogP contribution in [0.2, 0.25) is 0 Å². The highest BCUT2D eigenvalue weighted by Crippen LogP contribution is 2.35. The summed E-state index contributed by atoms with van der Waals surface area (Å²) < 4.78 is 10.3. The van der Waals surface area contributed by atoms with Crippen LogP contribution >= 0.6 is 0 Å². The largest absolute Gasteiger partial charge is 0.452 e. The zero-order valence-corrected chi connectivity index (χ0v) is 12.7. The molecule has 1 aromatic heterocycles.